The summed E-state index contributed by atoms with van der Waals surface area (Å²) in [7, 11) is 0. The van der Waals surface area contributed by atoms with Crippen molar-refractivity contribution in [2.75, 3.05) is 18.0 Å². The fourth-order valence-corrected chi connectivity index (χ4v) is 2.55. The van der Waals surface area contributed by atoms with Gasteiger partial charge in [0.25, 0.3) is 0 Å². The lowest BCUT2D eigenvalue weighted by Gasteiger charge is -2.21. The third-order valence-corrected chi connectivity index (χ3v) is 3.88. The summed E-state index contributed by atoms with van der Waals surface area (Å²) in [5.41, 5.74) is -1.96. The summed E-state index contributed by atoms with van der Waals surface area (Å²) in [5.74, 6) is 0. The van der Waals surface area contributed by atoms with Gasteiger partial charge in [0.05, 0.1) is 17.2 Å². The molecule has 0 aromatic heterocycles. The van der Waals surface area contributed by atoms with Crippen molar-refractivity contribution in [3.63, 3.8) is 0 Å². The molecule has 1 saturated heterocycles. The van der Waals surface area contributed by atoms with Crippen molar-refractivity contribution in [3.05, 3.63) is 41.0 Å². The highest BCUT2D eigenvalue weighted by Crippen LogP contribution is 2.39. The van der Waals surface area contributed by atoms with Crippen LogP contribution < -0.4 is 4.90 Å². The number of halogens is 6. The van der Waals surface area contributed by atoms with Gasteiger partial charge in [0, 0.05) is 18.8 Å². The Labute approximate surface area is 135 Å². The summed E-state index contributed by atoms with van der Waals surface area (Å²) in [6, 6.07) is 1.58. The van der Waals surface area contributed by atoms with E-state index in [2.05, 4.69) is 0 Å². The molecule has 8 heteroatoms. The van der Waals surface area contributed by atoms with Crippen molar-refractivity contribution < 1.29 is 31.4 Å². The van der Waals surface area contributed by atoms with E-state index in [-0.39, 0.29) is 18.3 Å². The predicted molar refractivity (Wildman–Crippen MR) is 77.7 cm³/mol. The Morgan fingerprint density at radius 3 is 2.08 bits per heavy atom. The van der Waals surface area contributed by atoms with Crippen LogP contribution in [-0.4, -0.2) is 24.3 Å². The van der Waals surface area contributed by atoms with Gasteiger partial charge in [-0.3, -0.25) is 0 Å². The first-order chi connectivity index (χ1) is 11.0. The monoisotopic (exact) mass is 353 g/mol. The summed E-state index contributed by atoms with van der Waals surface area (Å²) in [6.07, 6.45) is -7.77. The van der Waals surface area contributed by atoms with E-state index in [1.165, 1.54) is 4.90 Å². The van der Waals surface area contributed by atoms with Crippen molar-refractivity contribution in [3.8, 4) is 0 Å². The maximum absolute atomic E-state index is 12.9. The zero-order chi connectivity index (χ0) is 18.1. The van der Waals surface area contributed by atoms with Gasteiger partial charge in [-0.15, -0.1) is 0 Å². The van der Waals surface area contributed by atoms with E-state index in [0.717, 1.165) is 17.7 Å². The fourth-order valence-electron chi connectivity index (χ4n) is 2.55. The molecule has 0 radical (unpaired) electrons. The van der Waals surface area contributed by atoms with E-state index in [1.54, 1.807) is 13.0 Å². The molecular formula is C16H17F6NO. The molecule has 0 bridgehead atoms. The van der Waals surface area contributed by atoms with Gasteiger partial charge >= 0.3 is 12.4 Å². The lowest BCUT2D eigenvalue weighted by molar-refractivity contribution is -0.143. The van der Waals surface area contributed by atoms with Crippen LogP contribution in [0.4, 0.5) is 32.0 Å². The molecule has 1 aliphatic rings. The van der Waals surface area contributed by atoms with Crippen LogP contribution in [0.15, 0.2) is 29.8 Å². The molecule has 0 amide bonds. The van der Waals surface area contributed by atoms with Crippen LogP contribution in [0.2, 0.25) is 0 Å². The van der Waals surface area contributed by atoms with Gasteiger partial charge < -0.3 is 10.0 Å². The van der Waals surface area contributed by atoms with Crippen LogP contribution >= 0.6 is 0 Å². The minimum Gasteiger partial charge on any atom is -0.389 e. The number of alkyl halides is 6. The average Bonchev–Trinajstić information content (AvgIpc) is 2.93. The molecule has 1 unspecified atom stereocenters. The van der Waals surface area contributed by atoms with Crippen molar-refractivity contribution >= 4 is 5.69 Å². The number of hydrogen-bond donors (Lipinski definition) is 1. The first-order valence-electron chi connectivity index (χ1n) is 7.42. The summed E-state index contributed by atoms with van der Waals surface area (Å²) < 4.78 is 77.3. The summed E-state index contributed by atoms with van der Waals surface area (Å²) in [5, 5.41) is 9.58. The Morgan fingerprint density at radius 1 is 1.08 bits per heavy atom. The second-order valence-corrected chi connectivity index (χ2v) is 5.74. The van der Waals surface area contributed by atoms with E-state index in [4.69, 9.17) is 0 Å². The van der Waals surface area contributed by atoms with E-state index < -0.39 is 29.6 Å². The third-order valence-electron chi connectivity index (χ3n) is 3.88. The standard InChI is InChI=1S/C16H17F6NO/c1-2-14(24)5-10-3-4-23(9-10)13-7-11(15(17,18)19)6-12(8-13)16(20,21)22/h5-8,14,24H,2-4,9H2,1H3. The average molecular weight is 353 g/mol. The minimum absolute atomic E-state index is 0.119. The molecule has 1 heterocycles. The quantitative estimate of drug-likeness (QED) is 0.633. The molecule has 0 spiro atoms. The van der Waals surface area contributed by atoms with Gasteiger partial charge in [-0.1, -0.05) is 18.6 Å². The summed E-state index contributed by atoms with van der Waals surface area (Å²) >= 11 is 0. The van der Waals surface area contributed by atoms with Crippen molar-refractivity contribution in [2.24, 2.45) is 0 Å². The molecule has 1 atom stereocenters. The largest absolute Gasteiger partial charge is 0.416 e. The molecule has 0 saturated carbocycles. The van der Waals surface area contributed by atoms with Crippen LogP contribution in [0.3, 0.4) is 0 Å². The lowest BCUT2D eigenvalue weighted by Crippen LogP contribution is -2.20. The maximum atomic E-state index is 12.9. The first kappa shape index (κ1) is 18.6. The Balaban J connectivity index is 2.35. The maximum Gasteiger partial charge on any atom is 0.416 e. The fraction of sp³-hybridized carbons (Fsp3) is 0.500. The Kier molecular flexibility index (Phi) is 5.17. The molecule has 1 aliphatic heterocycles. The summed E-state index contributed by atoms with van der Waals surface area (Å²) in [4.78, 5) is 1.46. The van der Waals surface area contributed by atoms with Crippen molar-refractivity contribution in [1.82, 2.24) is 0 Å². The Bertz CT molecular complexity index is 588. The summed E-state index contributed by atoms with van der Waals surface area (Å²) in [6.45, 7) is 2.29. The normalized spacial score (nSPS) is 19.2. The van der Waals surface area contributed by atoms with Gasteiger partial charge in [0.1, 0.15) is 0 Å². The second-order valence-electron chi connectivity index (χ2n) is 5.74. The number of aliphatic hydroxyl groups excluding tert-OH is 1. The first-order valence-corrected chi connectivity index (χ1v) is 7.42. The van der Waals surface area contributed by atoms with Crippen LogP contribution in [0, 0.1) is 0 Å². The van der Waals surface area contributed by atoms with Gasteiger partial charge in [0.2, 0.25) is 0 Å². The number of benzene rings is 1. The molecule has 1 N–H and O–H groups in total. The number of nitrogens with zero attached hydrogens (tertiary/aromatic N) is 1. The van der Waals surface area contributed by atoms with Gasteiger partial charge in [-0.05, 0) is 31.0 Å². The molecule has 134 valence electrons. The lowest BCUT2D eigenvalue weighted by atomic mass is 10.1. The van der Waals surface area contributed by atoms with E-state index in [9.17, 15) is 31.4 Å². The van der Waals surface area contributed by atoms with E-state index in [1.807, 2.05) is 0 Å². The zero-order valence-corrected chi connectivity index (χ0v) is 12.9. The molecule has 1 aromatic rings. The molecule has 2 nitrogen and oxygen atoms in total. The van der Waals surface area contributed by atoms with Crippen LogP contribution in [0.25, 0.3) is 0 Å². The highest BCUT2D eigenvalue weighted by Gasteiger charge is 2.37. The van der Waals surface area contributed by atoms with Gasteiger partial charge in [-0.25, -0.2) is 0 Å². The molecule has 0 aliphatic carbocycles. The van der Waals surface area contributed by atoms with Crippen LogP contribution in [0.1, 0.15) is 30.9 Å². The SMILES string of the molecule is CCC(O)C=C1CCN(c2cc(C(F)(F)F)cc(C(F)(F)F)c2)C1. The molecular weight excluding hydrogens is 336 g/mol. The highest BCUT2D eigenvalue weighted by molar-refractivity contribution is 5.55. The van der Waals surface area contributed by atoms with Crippen molar-refractivity contribution in [2.45, 2.75) is 38.2 Å². The molecule has 1 aromatic carbocycles. The molecule has 2 rings (SSSR count). The number of hydrogen-bond acceptors (Lipinski definition) is 2. The predicted octanol–water partition coefficient (Wildman–Crippen LogP) is 4.63. The molecule has 1 fully saturated rings. The third kappa shape index (κ3) is 4.43. The number of anilines is 1. The molecule has 24 heavy (non-hydrogen) atoms. The smallest absolute Gasteiger partial charge is 0.389 e. The highest BCUT2D eigenvalue weighted by atomic mass is 19.4. The van der Waals surface area contributed by atoms with Gasteiger partial charge in [-0.2, -0.15) is 26.3 Å². The number of rotatable bonds is 3. The van der Waals surface area contributed by atoms with Gasteiger partial charge in [0.15, 0.2) is 0 Å². The minimum atomic E-state index is -4.85. The van der Waals surface area contributed by atoms with Crippen LogP contribution in [0.5, 0.6) is 0 Å². The van der Waals surface area contributed by atoms with E-state index >= 15 is 0 Å². The Hall–Kier alpha value is -1.70. The Morgan fingerprint density at radius 2 is 1.62 bits per heavy atom. The topological polar surface area (TPSA) is 23.5 Å². The van der Waals surface area contributed by atoms with Crippen molar-refractivity contribution in [1.29, 1.82) is 0 Å². The number of aliphatic hydroxyl groups is 1. The van der Waals surface area contributed by atoms with Crippen LogP contribution in [-0.2, 0) is 12.4 Å². The van der Waals surface area contributed by atoms with E-state index in [0.29, 0.717) is 19.4 Å². The second kappa shape index (κ2) is 6.66. The zero-order valence-electron chi connectivity index (χ0n) is 12.9.